The number of hydrogen-bond donors (Lipinski definition) is 1. The van der Waals surface area contributed by atoms with E-state index in [1.165, 1.54) is 27.8 Å². The van der Waals surface area contributed by atoms with E-state index in [4.69, 9.17) is 5.73 Å². The van der Waals surface area contributed by atoms with Crippen LogP contribution in [-0.2, 0) is 19.5 Å². The largest absolute Gasteiger partial charge is 0.375 e. The number of benzene rings is 1. The second-order valence-corrected chi connectivity index (χ2v) is 5.69. The molecule has 0 fully saturated rings. The number of halogens is 1. The molecule has 1 aromatic carbocycles. The van der Waals surface area contributed by atoms with E-state index in [2.05, 4.69) is 9.88 Å². The van der Waals surface area contributed by atoms with Gasteiger partial charge in [-0.05, 0) is 29.7 Å². The van der Waals surface area contributed by atoms with Gasteiger partial charge in [-0.3, -0.25) is 4.90 Å². The van der Waals surface area contributed by atoms with Gasteiger partial charge in [-0.15, -0.1) is 11.3 Å². The number of nitrogens with two attached hydrogens (primary N) is 1. The Kier molecular flexibility index (Phi) is 3.01. The molecule has 3 nitrogen and oxygen atoms in total. The molecular weight excluding hydrogens is 249 g/mol. The Bertz CT molecular complexity index is 567. The van der Waals surface area contributed by atoms with E-state index >= 15 is 0 Å². The molecule has 0 spiro atoms. The number of nitrogens with zero attached hydrogens (tertiary/aromatic N) is 2. The first-order valence-corrected chi connectivity index (χ1v) is 6.72. The molecule has 0 unspecified atom stereocenters. The van der Waals surface area contributed by atoms with Crippen LogP contribution in [-0.4, -0.2) is 16.4 Å². The number of thiazole rings is 1. The van der Waals surface area contributed by atoms with E-state index in [1.807, 2.05) is 12.3 Å². The third kappa shape index (κ3) is 2.37. The Labute approximate surface area is 109 Å². The molecule has 1 aliphatic rings. The maximum absolute atomic E-state index is 13.1. The highest BCUT2D eigenvalue weighted by Crippen LogP contribution is 2.23. The fourth-order valence-corrected chi connectivity index (χ4v) is 3.06. The molecule has 0 bridgehead atoms. The van der Waals surface area contributed by atoms with Crippen LogP contribution in [0.4, 0.5) is 9.52 Å². The van der Waals surface area contributed by atoms with Gasteiger partial charge in [0.05, 0.1) is 0 Å². The summed E-state index contributed by atoms with van der Waals surface area (Å²) in [5.74, 6) is -0.141. The van der Waals surface area contributed by atoms with Crippen LogP contribution in [0, 0.1) is 5.82 Å². The van der Waals surface area contributed by atoms with E-state index in [9.17, 15) is 4.39 Å². The topological polar surface area (TPSA) is 42.1 Å². The number of hydrogen-bond acceptors (Lipinski definition) is 4. The van der Waals surface area contributed by atoms with Gasteiger partial charge in [0, 0.05) is 30.7 Å². The van der Waals surface area contributed by atoms with E-state index in [0.717, 1.165) is 31.6 Å². The summed E-state index contributed by atoms with van der Waals surface area (Å²) in [5, 5.41) is 0.615. The lowest BCUT2D eigenvalue weighted by Crippen LogP contribution is -2.29. The first-order valence-electron chi connectivity index (χ1n) is 5.90. The maximum atomic E-state index is 13.1. The molecule has 5 heteroatoms. The minimum atomic E-state index is -0.141. The predicted octanol–water partition coefficient (Wildman–Crippen LogP) is 2.42. The highest BCUT2D eigenvalue weighted by Gasteiger charge is 2.17. The molecule has 0 atom stereocenters. The lowest BCUT2D eigenvalue weighted by atomic mass is 10.00. The number of aromatic nitrogens is 1. The summed E-state index contributed by atoms with van der Waals surface area (Å²) >= 11 is 1.53. The summed E-state index contributed by atoms with van der Waals surface area (Å²) in [4.78, 5) is 7.58. The van der Waals surface area contributed by atoms with Crippen LogP contribution >= 0.6 is 11.3 Å². The van der Waals surface area contributed by atoms with Gasteiger partial charge >= 0.3 is 0 Å². The van der Waals surface area contributed by atoms with Gasteiger partial charge < -0.3 is 5.73 Å². The summed E-state index contributed by atoms with van der Waals surface area (Å²) in [7, 11) is 0. The zero-order valence-corrected chi connectivity index (χ0v) is 10.7. The van der Waals surface area contributed by atoms with Crippen molar-refractivity contribution in [1.82, 2.24) is 9.88 Å². The van der Waals surface area contributed by atoms with E-state index < -0.39 is 0 Å². The van der Waals surface area contributed by atoms with Crippen molar-refractivity contribution >= 4 is 16.5 Å². The second-order valence-electron chi connectivity index (χ2n) is 4.54. The molecule has 2 heterocycles. The Morgan fingerprint density at radius 3 is 3.06 bits per heavy atom. The standard InChI is InChI=1S/C13H14FN3S/c14-11-2-1-10-7-17(4-3-9(10)5-11)8-12-6-16-13(15)18-12/h1-2,5-6H,3-4,7-8H2,(H2,15,16). The van der Waals surface area contributed by atoms with Gasteiger partial charge in [-0.1, -0.05) is 6.07 Å². The van der Waals surface area contributed by atoms with Crippen LogP contribution in [0.5, 0.6) is 0 Å². The molecule has 2 aromatic rings. The van der Waals surface area contributed by atoms with Crippen molar-refractivity contribution in [3.05, 3.63) is 46.2 Å². The van der Waals surface area contributed by atoms with E-state index in [1.54, 1.807) is 6.07 Å². The number of fused-ring (bicyclic) bond motifs is 1. The highest BCUT2D eigenvalue weighted by atomic mass is 32.1. The molecule has 0 aliphatic carbocycles. The zero-order valence-electron chi connectivity index (χ0n) is 9.90. The lowest BCUT2D eigenvalue weighted by Gasteiger charge is -2.28. The number of anilines is 1. The molecule has 3 rings (SSSR count). The number of nitrogen functional groups attached to an aromatic ring is 1. The molecule has 2 N–H and O–H groups in total. The summed E-state index contributed by atoms with van der Waals surface area (Å²) in [5.41, 5.74) is 7.98. The molecule has 18 heavy (non-hydrogen) atoms. The Hall–Kier alpha value is -1.46. The summed E-state index contributed by atoms with van der Waals surface area (Å²) in [6.07, 6.45) is 2.74. The van der Waals surface area contributed by atoms with Gasteiger partial charge in [0.15, 0.2) is 5.13 Å². The van der Waals surface area contributed by atoms with Crippen LogP contribution < -0.4 is 5.73 Å². The number of rotatable bonds is 2. The van der Waals surface area contributed by atoms with Crippen molar-refractivity contribution in [3.8, 4) is 0 Å². The van der Waals surface area contributed by atoms with Crippen molar-refractivity contribution in [2.45, 2.75) is 19.5 Å². The van der Waals surface area contributed by atoms with Crippen molar-refractivity contribution in [2.75, 3.05) is 12.3 Å². The van der Waals surface area contributed by atoms with E-state index in [0.29, 0.717) is 5.13 Å². The van der Waals surface area contributed by atoms with Crippen LogP contribution in [0.15, 0.2) is 24.4 Å². The zero-order chi connectivity index (χ0) is 12.5. The monoisotopic (exact) mass is 263 g/mol. The molecule has 94 valence electrons. The van der Waals surface area contributed by atoms with Gasteiger partial charge in [-0.2, -0.15) is 0 Å². The van der Waals surface area contributed by atoms with Crippen LogP contribution in [0.3, 0.4) is 0 Å². The summed E-state index contributed by atoms with van der Waals surface area (Å²) in [6.45, 7) is 2.69. The average Bonchev–Trinajstić information content (AvgIpc) is 2.75. The molecule has 0 radical (unpaired) electrons. The normalized spacial score (nSPS) is 15.6. The second kappa shape index (κ2) is 4.66. The Morgan fingerprint density at radius 1 is 1.39 bits per heavy atom. The Balaban J connectivity index is 1.73. The van der Waals surface area contributed by atoms with Crippen molar-refractivity contribution in [3.63, 3.8) is 0 Å². The molecule has 0 saturated carbocycles. The average molecular weight is 263 g/mol. The summed E-state index contributed by atoms with van der Waals surface area (Å²) < 4.78 is 13.1. The fraction of sp³-hybridized carbons (Fsp3) is 0.308. The SMILES string of the molecule is Nc1ncc(CN2CCc3cc(F)ccc3C2)s1. The van der Waals surface area contributed by atoms with Crippen LogP contribution in [0.2, 0.25) is 0 Å². The molecule has 0 saturated heterocycles. The first-order chi connectivity index (χ1) is 8.70. The van der Waals surface area contributed by atoms with Gasteiger partial charge in [0.25, 0.3) is 0 Å². The van der Waals surface area contributed by atoms with E-state index in [-0.39, 0.29) is 5.82 Å². The van der Waals surface area contributed by atoms with Crippen molar-refractivity contribution in [1.29, 1.82) is 0 Å². The van der Waals surface area contributed by atoms with Crippen molar-refractivity contribution < 1.29 is 4.39 Å². The van der Waals surface area contributed by atoms with Crippen LogP contribution in [0.25, 0.3) is 0 Å². The lowest BCUT2D eigenvalue weighted by molar-refractivity contribution is 0.247. The molecule has 1 aromatic heterocycles. The summed E-state index contributed by atoms with van der Waals surface area (Å²) in [6, 6.07) is 5.07. The Morgan fingerprint density at radius 2 is 2.28 bits per heavy atom. The quantitative estimate of drug-likeness (QED) is 0.904. The van der Waals surface area contributed by atoms with Crippen LogP contribution in [0.1, 0.15) is 16.0 Å². The van der Waals surface area contributed by atoms with Gasteiger partial charge in [-0.25, -0.2) is 9.37 Å². The highest BCUT2D eigenvalue weighted by molar-refractivity contribution is 7.15. The minimum Gasteiger partial charge on any atom is -0.375 e. The minimum absolute atomic E-state index is 0.141. The molecular formula is C13H14FN3S. The van der Waals surface area contributed by atoms with Gasteiger partial charge in [0.1, 0.15) is 5.82 Å². The third-order valence-electron chi connectivity index (χ3n) is 3.21. The first kappa shape index (κ1) is 11.6. The third-order valence-corrected chi connectivity index (χ3v) is 4.02. The molecule has 1 aliphatic heterocycles. The van der Waals surface area contributed by atoms with Gasteiger partial charge in [0.2, 0.25) is 0 Å². The predicted molar refractivity (Wildman–Crippen MR) is 70.7 cm³/mol. The molecule has 0 amide bonds. The maximum Gasteiger partial charge on any atom is 0.180 e. The van der Waals surface area contributed by atoms with Crippen molar-refractivity contribution in [2.24, 2.45) is 0 Å². The fourth-order valence-electron chi connectivity index (χ4n) is 2.33. The smallest absolute Gasteiger partial charge is 0.180 e.